The summed E-state index contributed by atoms with van der Waals surface area (Å²) in [6, 6.07) is 8.88. The molecule has 1 aromatic rings. The number of nitrogens with one attached hydrogen (secondary N) is 1. The summed E-state index contributed by atoms with van der Waals surface area (Å²) in [6.45, 7) is 1.18. The number of hydrogen-bond acceptors (Lipinski definition) is 1. The normalized spacial score (nSPS) is 10.8. The fourth-order valence-corrected chi connectivity index (χ4v) is 2.57. The highest BCUT2D eigenvalue weighted by Crippen LogP contribution is 2.11. The van der Waals surface area contributed by atoms with Gasteiger partial charge in [0.05, 0.1) is 0 Å². The van der Waals surface area contributed by atoms with Gasteiger partial charge in [-0.2, -0.15) is 0 Å². The fraction of sp³-hybridized carbons (Fsp3) is 0.647. The average Bonchev–Trinajstić information content (AvgIpc) is 2.43. The summed E-state index contributed by atoms with van der Waals surface area (Å²) in [5, 5.41) is 4.48. The van der Waals surface area contributed by atoms with Crippen LogP contribution in [0.2, 0.25) is 0 Å². The Hall–Kier alpha value is -0.390. The second kappa shape index (κ2) is 11.4. The van der Waals surface area contributed by atoms with Crippen molar-refractivity contribution in [3.8, 4) is 0 Å². The molecule has 0 aliphatic carbocycles. The van der Waals surface area contributed by atoms with Gasteiger partial charge in [-0.1, -0.05) is 62.8 Å². The zero-order valence-electron chi connectivity index (χ0n) is 12.5. The van der Waals surface area contributed by atoms with Crippen LogP contribution in [-0.4, -0.2) is 13.6 Å². The number of unbranched alkanes of at least 4 members (excludes halogenated alkanes) is 7. The van der Waals surface area contributed by atoms with Crippen LogP contribution in [0.15, 0.2) is 24.3 Å². The van der Waals surface area contributed by atoms with Gasteiger partial charge in [-0.3, -0.25) is 0 Å². The van der Waals surface area contributed by atoms with E-state index in [2.05, 4.69) is 38.8 Å². The van der Waals surface area contributed by atoms with E-state index in [1.54, 1.807) is 0 Å². The molecule has 0 heterocycles. The predicted molar refractivity (Wildman–Crippen MR) is 90.4 cm³/mol. The van der Waals surface area contributed by atoms with Crippen LogP contribution in [0.4, 0.5) is 0 Å². The standard InChI is InChI=1S/C17H30NP/c1-18-15-9-7-5-3-2-4-6-8-10-16-11-13-17(19)14-12-16/h11-14,18H,2-10,15,19H2,1H3. The lowest BCUT2D eigenvalue weighted by atomic mass is 10.0. The first-order valence-corrected chi connectivity index (χ1v) is 8.39. The fourth-order valence-electron chi connectivity index (χ4n) is 2.38. The molecule has 0 radical (unpaired) electrons. The molecule has 0 fully saturated rings. The van der Waals surface area contributed by atoms with Gasteiger partial charge in [-0.25, -0.2) is 0 Å². The van der Waals surface area contributed by atoms with Gasteiger partial charge in [0, 0.05) is 0 Å². The van der Waals surface area contributed by atoms with Crippen molar-refractivity contribution in [3.05, 3.63) is 29.8 Å². The van der Waals surface area contributed by atoms with Gasteiger partial charge in [0.2, 0.25) is 0 Å². The van der Waals surface area contributed by atoms with Gasteiger partial charge >= 0.3 is 0 Å². The number of hydrogen-bond donors (Lipinski definition) is 1. The Morgan fingerprint density at radius 2 is 1.32 bits per heavy atom. The van der Waals surface area contributed by atoms with Crippen molar-refractivity contribution in [2.75, 3.05) is 13.6 Å². The number of rotatable bonds is 11. The van der Waals surface area contributed by atoms with Crippen LogP contribution in [0, 0.1) is 0 Å². The Kier molecular flexibility index (Phi) is 10.0. The summed E-state index contributed by atoms with van der Waals surface area (Å²) in [5.41, 5.74) is 1.48. The topological polar surface area (TPSA) is 12.0 Å². The summed E-state index contributed by atoms with van der Waals surface area (Å²) in [6.07, 6.45) is 12.4. The molecule has 108 valence electrons. The molecule has 2 heteroatoms. The molecule has 1 atom stereocenters. The summed E-state index contributed by atoms with van der Waals surface area (Å²) >= 11 is 0. The lowest BCUT2D eigenvalue weighted by molar-refractivity contribution is 0.561. The Morgan fingerprint density at radius 3 is 1.89 bits per heavy atom. The second-order valence-corrected chi connectivity index (χ2v) is 6.09. The molecule has 1 N–H and O–H groups in total. The van der Waals surface area contributed by atoms with Crippen LogP contribution < -0.4 is 10.6 Å². The van der Waals surface area contributed by atoms with Crippen molar-refractivity contribution in [3.63, 3.8) is 0 Å². The van der Waals surface area contributed by atoms with E-state index in [1.165, 1.54) is 75.2 Å². The molecule has 1 rings (SSSR count). The zero-order valence-corrected chi connectivity index (χ0v) is 13.6. The van der Waals surface area contributed by atoms with Crippen LogP contribution in [0.1, 0.15) is 56.9 Å². The molecule has 0 aliphatic heterocycles. The highest BCUT2D eigenvalue weighted by Gasteiger charge is 1.95. The maximum Gasteiger partial charge on any atom is -0.00519 e. The van der Waals surface area contributed by atoms with E-state index in [-0.39, 0.29) is 0 Å². The molecule has 0 spiro atoms. The summed E-state index contributed by atoms with van der Waals surface area (Å²) in [4.78, 5) is 0. The quantitative estimate of drug-likeness (QED) is 0.475. The summed E-state index contributed by atoms with van der Waals surface area (Å²) in [7, 11) is 4.77. The lowest BCUT2D eigenvalue weighted by Gasteiger charge is -2.03. The smallest absolute Gasteiger partial charge is 0.00519 e. The van der Waals surface area contributed by atoms with Crippen LogP contribution in [0.3, 0.4) is 0 Å². The van der Waals surface area contributed by atoms with E-state index < -0.39 is 0 Å². The first-order valence-electron chi connectivity index (χ1n) is 7.82. The zero-order chi connectivity index (χ0) is 13.8. The van der Waals surface area contributed by atoms with Crippen LogP contribution in [0.25, 0.3) is 0 Å². The average molecular weight is 279 g/mol. The Bertz CT molecular complexity index is 308. The number of benzene rings is 1. The molecular weight excluding hydrogens is 249 g/mol. The van der Waals surface area contributed by atoms with Crippen LogP contribution in [0.5, 0.6) is 0 Å². The van der Waals surface area contributed by atoms with E-state index in [9.17, 15) is 0 Å². The Labute approximate surface area is 121 Å². The van der Waals surface area contributed by atoms with Gasteiger partial charge < -0.3 is 5.32 Å². The van der Waals surface area contributed by atoms with Crippen molar-refractivity contribution in [1.82, 2.24) is 5.32 Å². The minimum absolute atomic E-state index is 1.18. The third-order valence-electron chi connectivity index (χ3n) is 3.62. The SMILES string of the molecule is CNCCCCCCCCCCc1ccc(P)cc1. The van der Waals surface area contributed by atoms with Crippen molar-refractivity contribution in [1.29, 1.82) is 0 Å². The maximum absolute atomic E-state index is 3.20. The van der Waals surface area contributed by atoms with Crippen LogP contribution in [-0.2, 0) is 6.42 Å². The third-order valence-corrected chi connectivity index (χ3v) is 4.01. The largest absolute Gasteiger partial charge is 0.320 e. The van der Waals surface area contributed by atoms with Gasteiger partial charge in [0.1, 0.15) is 0 Å². The minimum Gasteiger partial charge on any atom is -0.320 e. The molecule has 1 unspecified atom stereocenters. The second-order valence-electron chi connectivity index (χ2n) is 5.42. The van der Waals surface area contributed by atoms with Gasteiger partial charge in [-0.15, -0.1) is 9.24 Å². The molecule has 0 saturated carbocycles. The highest BCUT2D eigenvalue weighted by atomic mass is 31.0. The van der Waals surface area contributed by atoms with E-state index in [0.717, 1.165) is 0 Å². The van der Waals surface area contributed by atoms with Gasteiger partial charge in [0.15, 0.2) is 0 Å². The Balaban J connectivity index is 1.87. The summed E-state index contributed by atoms with van der Waals surface area (Å²) < 4.78 is 0. The maximum atomic E-state index is 3.20. The summed E-state index contributed by atoms with van der Waals surface area (Å²) in [5.74, 6) is 0. The molecule has 19 heavy (non-hydrogen) atoms. The lowest BCUT2D eigenvalue weighted by Crippen LogP contribution is -2.06. The van der Waals surface area contributed by atoms with Crippen molar-refractivity contribution < 1.29 is 0 Å². The molecule has 1 aromatic carbocycles. The molecule has 0 bridgehead atoms. The number of aryl methyl sites for hydroxylation is 1. The van der Waals surface area contributed by atoms with E-state index >= 15 is 0 Å². The predicted octanol–water partition coefficient (Wildman–Crippen LogP) is 4.07. The first kappa shape index (κ1) is 16.7. The highest BCUT2D eigenvalue weighted by molar-refractivity contribution is 7.27. The molecule has 0 aromatic heterocycles. The Morgan fingerprint density at radius 1 is 0.789 bits per heavy atom. The molecule has 0 aliphatic rings. The van der Waals surface area contributed by atoms with E-state index in [0.29, 0.717) is 0 Å². The third kappa shape index (κ3) is 9.19. The van der Waals surface area contributed by atoms with Gasteiger partial charge in [-0.05, 0) is 43.7 Å². The van der Waals surface area contributed by atoms with Crippen molar-refractivity contribution >= 4 is 14.5 Å². The van der Waals surface area contributed by atoms with Crippen molar-refractivity contribution in [2.24, 2.45) is 0 Å². The molecule has 0 saturated heterocycles. The minimum atomic E-state index is 1.18. The molecular formula is C17H30NP. The molecule has 0 amide bonds. The van der Waals surface area contributed by atoms with Crippen LogP contribution >= 0.6 is 9.24 Å². The monoisotopic (exact) mass is 279 g/mol. The van der Waals surface area contributed by atoms with Gasteiger partial charge in [0.25, 0.3) is 0 Å². The van der Waals surface area contributed by atoms with Crippen molar-refractivity contribution in [2.45, 2.75) is 57.8 Å². The van der Waals surface area contributed by atoms with E-state index in [4.69, 9.17) is 0 Å². The van der Waals surface area contributed by atoms with E-state index in [1.807, 2.05) is 7.05 Å². The molecule has 1 nitrogen and oxygen atoms in total. The first-order chi connectivity index (χ1) is 9.33.